The van der Waals surface area contributed by atoms with E-state index in [-0.39, 0.29) is 5.91 Å². The smallest absolute Gasteiger partial charge is 0.266 e. The highest BCUT2D eigenvalue weighted by Gasteiger charge is 2.30. The van der Waals surface area contributed by atoms with Crippen LogP contribution in [0.3, 0.4) is 0 Å². The van der Waals surface area contributed by atoms with Crippen molar-refractivity contribution in [2.75, 3.05) is 7.05 Å². The summed E-state index contributed by atoms with van der Waals surface area (Å²) in [5.41, 5.74) is 0.736. The van der Waals surface area contributed by atoms with Gasteiger partial charge in [-0.1, -0.05) is 35.3 Å². The number of amides is 1. The Morgan fingerprint density at radius 2 is 2.09 bits per heavy atom. The lowest BCUT2D eigenvalue weighted by Crippen LogP contribution is -2.23. The molecular formula is C16H11Cl2N3OS. The van der Waals surface area contributed by atoms with Crippen molar-refractivity contribution >= 4 is 57.9 Å². The predicted octanol–water partition coefficient (Wildman–Crippen LogP) is 4.62. The number of pyridine rings is 1. The Balaban J connectivity index is 1.92. The van der Waals surface area contributed by atoms with Crippen molar-refractivity contribution in [1.82, 2.24) is 9.88 Å². The number of hydrogen-bond acceptors (Lipinski definition) is 4. The maximum atomic E-state index is 12.4. The Morgan fingerprint density at radius 3 is 2.78 bits per heavy atom. The normalized spacial score (nSPS) is 18.2. The Morgan fingerprint density at radius 1 is 1.26 bits per heavy atom. The maximum absolute atomic E-state index is 12.4. The van der Waals surface area contributed by atoms with Crippen molar-refractivity contribution in [2.45, 2.75) is 0 Å². The largest absolute Gasteiger partial charge is 0.289 e. The SMILES string of the molecule is CN1C(=O)/C(=C/c2ccc(Cl)cc2Cl)S/C1=N/c1ccccn1. The predicted molar refractivity (Wildman–Crippen MR) is 96.1 cm³/mol. The van der Waals surface area contributed by atoms with Gasteiger partial charge in [-0.05, 0) is 47.7 Å². The molecule has 0 unspecified atom stereocenters. The van der Waals surface area contributed by atoms with Gasteiger partial charge >= 0.3 is 0 Å². The van der Waals surface area contributed by atoms with Crippen molar-refractivity contribution in [3.63, 3.8) is 0 Å². The van der Waals surface area contributed by atoms with E-state index in [1.165, 1.54) is 16.7 Å². The molecule has 7 heteroatoms. The molecule has 4 nitrogen and oxygen atoms in total. The molecule has 1 aliphatic heterocycles. The van der Waals surface area contributed by atoms with Crippen LogP contribution in [-0.4, -0.2) is 28.0 Å². The Bertz CT molecular complexity index is 821. The van der Waals surface area contributed by atoms with Crippen LogP contribution in [0.1, 0.15) is 5.56 Å². The molecule has 0 radical (unpaired) electrons. The van der Waals surface area contributed by atoms with Crippen molar-refractivity contribution in [2.24, 2.45) is 4.99 Å². The number of carbonyl (C=O) groups excluding carboxylic acids is 1. The van der Waals surface area contributed by atoms with Crippen LogP contribution in [0.4, 0.5) is 5.82 Å². The van der Waals surface area contributed by atoms with E-state index in [1.54, 1.807) is 43.6 Å². The molecule has 23 heavy (non-hydrogen) atoms. The fourth-order valence-corrected chi connectivity index (χ4v) is 3.36. The molecule has 0 atom stereocenters. The van der Waals surface area contributed by atoms with E-state index in [4.69, 9.17) is 23.2 Å². The summed E-state index contributed by atoms with van der Waals surface area (Å²) in [6.07, 6.45) is 3.40. The van der Waals surface area contributed by atoms with Gasteiger partial charge in [-0.3, -0.25) is 9.69 Å². The van der Waals surface area contributed by atoms with Crippen LogP contribution in [0.15, 0.2) is 52.5 Å². The highest BCUT2D eigenvalue weighted by Crippen LogP contribution is 2.34. The van der Waals surface area contributed by atoms with Crippen LogP contribution >= 0.6 is 35.0 Å². The van der Waals surface area contributed by atoms with Gasteiger partial charge < -0.3 is 0 Å². The fraction of sp³-hybridized carbons (Fsp3) is 0.0625. The molecule has 1 aromatic heterocycles. The number of likely N-dealkylation sites (N-methyl/N-ethyl adjacent to an activating group) is 1. The van der Waals surface area contributed by atoms with Crippen molar-refractivity contribution < 1.29 is 4.79 Å². The van der Waals surface area contributed by atoms with Gasteiger partial charge in [0.25, 0.3) is 5.91 Å². The summed E-state index contributed by atoms with van der Waals surface area (Å²) in [5, 5.41) is 1.62. The van der Waals surface area contributed by atoms with Crippen molar-refractivity contribution in [1.29, 1.82) is 0 Å². The van der Waals surface area contributed by atoms with E-state index in [9.17, 15) is 4.79 Å². The first-order valence-electron chi connectivity index (χ1n) is 6.67. The summed E-state index contributed by atoms with van der Waals surface area (Å²) in [6, 6.07) is 10.6. The molecule has 0 spiro atoms. The van der Waals surface area contributed by atoms with E-state index in [1.807, 2.05) is 12.1 Å². The topological polar surface area (TPSA) is 45.6 Å². The minimum Gasteiger partial charge on any atom is -0.289 e. The van der Waals surface area contributed by atoms with Crippen molar-refractivity contribution in [3.05, 3.63) is 63.1 Å². The van der Waals surface area contributed by atoms with E-state index < -0.39 is 0 Å². The molecule has 1 aliphatic rings. The third-order valence-corrected chi connectivity index (χ3v) is 4.73. The molecule has 0 N–H and O–H groups in total. The number of halogens is 2. The highest BCUT2D eigenvalue weighted by atomic mass is 35.5. The molecule has 3 rings (SSSR count). The number of nitrogens with zero attached hydrogens (tertiary/aromatic N) is 3. The summed E-state index contributed by atoms with van der Waals surface area (Å²) < 4.78 is 0. The second kappa shape index (κ2) is 6.74. The zero-order valence-electron chi connectivity index (χ0n) is 12.0. The van der Waals surface area contributed by atoms with Crippen LogP contribution in [0.2, 0.25) is 10.0 Å². The fourth-order valence-electron chi connectivity index (χ4n) is 1.93. The lowest BCUT2D eigenvalue weighted by Gasteiger charge is -2.06. The van der Waals surface area contributed by atoms with Gasteiger partial charge in [0.15, 0.2) is 11.0 Å². The number of thioether (sulfide) groups is 1. The number of aliphatic imine (C=N–C) groups is 1. The molecule has 2 aromatic rings. The van der Waals surface area contributed by atoms with Gasteiger partial charge in [-0.2, -0.15) is 0 Å². The minimum atomic E-state index is -0.129. The molecule has 1 aromatic carbocycles. The van der Waals surface area contributed by atoms with E-state index in [2.05, 4.69) is 9.98 Å². The maximum Gasteiger partial charge on any atom is 0.266 e. The van der Waals surface area contributed by atoms with Crippen LogP contribution < -0.4 is 0 Å². The molecule has 2 heterocycles. The minimum absolute atomic E-state index is 0.129. The van der Waals surface area contributed by atoms with Crippen LogP contribution in [0.5, 0.6) is 0 Å². The quantitative estimate of drug-likeness (QED) is 0.731. The molecular weight excluding hydrogens is 353 g/mol. The first-order chi connectivity index (χ1) is 11.0. The number of carbonyl (C=O) groups is 1. The molecule has 1 amide bonds. The van der Waals surface area contributed by atoms with Gasteiger partial charge in [-0.25, -0.2) is 9.98 Å². The standard InChI is InChI=1S/C16H11Cl2N3OS/c1-21-15(22)13(8-10-5-6-11(17)9-12(10)18)23-16(21)20-14-4-2-3-7-19-14/h2-9H,1H3/b13-8-,20-16+. The second-order valence-corrected chi connectivity index (χ2v) is 6.58. The Labute approximate surface area is 147 Å². The van der Waals surface area contributed by atoms with Crippen LogP contribution in [0.25, 0.3) is 6.08 Å². The third-order valence-electron chi connectivity index (χ3n) is 3.11. The van der Waals surface area contributed by atoms with E-state index in [0.717, 1.165) is 5.56 Å². The molecule has 1 fully saturated rings. The van der Waals surface area contributed by atoms with E-state index in [0.29, 0.717) is 25.9 Å². The molecule has 1 saturated heterocycles. The first-order valence-corrected chi connectivity index (χ1v) is 8.24. The Hall–Kier alpha value is -1.82. The average Bonchev–Trinajstić information content (AvgIpc) is 2.79. The molecule has 0 aliphatic carbocycles. The van der Waals surface area contributed by atoms with Crippen LogP contribution in [-0.2, 0) is 4.79 Å². The summed E-state index contributed by atoms with van der Waals surface area (Å²) in [5.74, 6) is 0.427. The summed E-state index contributed by atoms with van der Waals surface area (Å²) in [6.45, 7) is 0. The molecule has 0 saturated carbocycles. The summed E-state index contributed by atoms with van der Waals surface area (Å²) >= 11 is 13.3. The number of hydrogen-bond donors (Lipinski definition) is 0. The van der Waals surface area contributed by atoms with Gasteiger partial charge in [0.1, 0.15) is 0 Å². The number of benzene rings is 1. The lowest BCUT2D eigenvalue weighted by molar-refractivity contribution is -0.121. The summed E-state index contributed by atoms with van der Waals surface area (Å²) in [4.78, 5) is 22.9. The number of aromatic nitrogens is 1. The van der Waals surface area contributed by atoms with Crippen LogP contribution in [0, 0.1) is 0 Å². The first kappa shape index (κ1) is 16.1. The number of amidine groups is 1. The molecule has 0 bridgehead atoms. The van der Waals surface area contributed by atoms with Gasteiger partial charge in [0, 0.05) is 23.3 Å². The highest BCUT2D eigenvalue weighted by molar-refractivity contribution is 8.18. The second-order valence-electron chi connectivity index (χ2n) is 4.72. The number of rotatable bonds is 2. The van der Waals surface area contributed by atoms with Gasteiger partial charge in [0.05, 0.1) is 4.91 Å². The zero-order valence-corrected chi connectivity index (χ0v) is 14.4. The average molecular weight is 364 g/mol. The van der Waals surface area contributed by atoms with E-state index >= 15 is 0 Å². The molecule has 116 valence electrons. The third kappa shape index (κ3) is 3.58. The Kier molecular flexibility index (Phi) is 4.71. The van der Waals surface area contributed by atoms with Crippen molar-refractivity contribution in [3.8, 4) is 0 Å². The monoisotopic (exact) mass is 363 g/mol. The van der Waals surface area contributed by atoms with Gasteiger partial charge in [-0.15, -0.1) is 0 Å². The summed E-state index contributed by atoms with van der Waals surface area (Å²) in [7, 11) is 1.68. The van der Waals surface area contributed by atoms with Gasteiger partial charge in [0.2, 0.25) is 0 Å². The lowest BCUT2D eigenvalue weighted by atomic mass is 10.2. The zero-order chi connectivity index (χ0) is 16.4.